The molecule has 0 aliphatic carbocycles. The van der Waals surface area contributed by atoms with Gasteiger partial charge in [-0.05, 0) is 53.6 Å². The zero-order valence-corrected chi connectivity index (χ0v) is 20.4. The molecule has 0 atom stereocenters. The van der Waals surface area contributed by atoms with Crippen LogP contribution in [0.2, 0.25) is 0 Å². The van der Waals surface area contributed by atoms with E-state index in [0.717, 1.165) is 38.2 Å². The number of nitrogens with one attached hydrogen (secondary N) is 1. The van der Waals surface area contributed by atoms with Crippen LogP contribution in [0.25, 0.3) is 28.2 Å². The van der Waals surface area contributed by atoms with E-state index in [9.17, 15) is 4.79 Å². The number of aromatic nitrogens is 1. The second kappa shape index (κ2) is 10.4. The average Bonchev–Trinajstić information content (AvgIpc) is 3.30. The number of nitrogens with zero attached hydrogens (tertiary/aromatic N) is 2. The SMILES string of the molecule is O=C(N/N=C\c1cc(-c2ccccc2)n(-c2ccc(Br)cc2)c1-c1ccccc1)c1ccccc1. The molecule has 5 aromatic rings. The van der Waals surface area contributed by atoms with E-state index in [4.69, 9.17) is 0 Å². The number of amides is 1. The van der Waals surface area contributed by atoms with Crippen LogP contribution in [0.1, 0.15) is 15.9 Å². The van der Waals surface area contributed by atoms with E-state index in [2.05, 4.69) is 73.5 Å². The lowest BCUT2D eigenvalue weighted by Gasteiger charge is -2.15. The van der Waals surface area contributed by atoms with Gasteiger partial charge < -0.3 is 4.57 Å². The van der Waals surface area contributed by atoms with Gasteiger partial charge in [-0.1, -0.05) is 94.8 Å². The minimum absolute atomic E-state index is 0.251. The number of carbonyl (C=O) groups is 1. The Bertz CT molecular complexity index is 1460. The highest BCUT2D eigenvalue weighted by Crippen LogP contribution is 2.35. The monoisotopic (exact) mass is 519 g/mol. The molecule has 0 aliphatic rings. The fourth-order valence-electron chi connectivity index (χ4n) is 4.01. The van der Waals surface area contributed by atoms with E-state index >= 15 is 0 Å². The van der Waals surface area contributed by atoms with Crippen molar-refractivity contribution in [3.63, 3.8) is 0 Å². The molecule has 0 radical (unpaired) electrons. The molecule has 4 nitrogen and oxygen atoms in total. The zero-order valence-electron chi connectivity index (χ0n) is 18.8. The topological polar surface area (TPSA) is 46.4 Å². The Labute approximate surface area is 212 Å². The fraction of sp³-hybridized carbons (Fsp3) is 0. The predicted molar refractivity (Wildman–Crippen MR) is 146 cm³/mol. The largest absolute Gasteiger partial charge is 0.309 e. The molecule has 1 aromatic heterocycles. The van der Waals surface area contributed by atoms with Crippen molar-refractivity contribution in [2.24, 2.45) is 5.10 Å². The van der Waals surface area contributed by atoms with Crippen LogP contribution >= 0.6 is 15.9 Å². The summed E-state index contributed by atoms with van der Waals surface area (Å²) in [7, 11) is 0. The molecule has 0 saturated carbocycles. The van der Waals surface area contributed by atoms with Crippen LogP contribution in [0.15, 0.2) is 131 Å². The van der Waals surface area contributed by atoms with Crippen LogP contribution in [0, 0.1) is 0 Å². The van der Waals surface area contributed by atoms with E-state index in [1.165, 1.54) is 0 Å². The summed E-state index contributed by atoms with van der Waals surface area (Å²) in [6, 6.07) is 39.9. The quantitative estimate of drug-likeness (QED) is 0.185. The third kappa shape index (κ3) is 5.00. The Morgan fingerprint density at radius 3 is 1.94 bits per heavy atom. The smallest absolute Gasteiger partial charge is 0.271 e. The molecule has 1 N–H and O–H groups in total. The fourth-order valence-corrected chi connectivity index (χ4v) is 4.28. The first-order chi connectivity index (χ1) is 17.2. The van der Waals surface area contributed by atoms with Crippen LogP contribution in [0.5, 0.6) is 0 Å². The maximum absolute atomic E-state index is 12.5. The summed E-state index contributed by atoms with van der Waals surface area (Å²) in [5, 5.41) is 4.31. The Hall–Kier alpha value is -4.22. The lowest BCUT2D eigenvalue weighted by Crippen LogP contribution is -2.17. The van der Waals surface area contributed by atoms with Gasteiger partial charge in [-0.25, -0.2) is 5.43 Å². The van der Waals surface area contributed by atoms with Gasteiger partial charge in [0.05, 0.1) is 17.6 Å². The lowest BCUT2D eigenvalue weighted by atomic mass is 10.1. The summed E-state index contributed by atoms with van der Waals surface area (Å²) in [6.07, 6.45) is 1.71. The molecule has 0 saturated heterocycles. The average molecular weight is 520 g/mol. The molecule has 5 rings (SSSR count). The molecule has 170 valence electrons. The maximum atomic E-state index is 12.5. The van der Waals surface area contributed by atoms with Gasteiger partial charge >= 0.3 is 0 Å². The first-order valence-corrected chi connectivity index (χ1v) is 12.0. The van der Waals surface area contributed by atoms with Crippen molar-refractivity contribution in [1.29, 1.82) is 0 Å². The lowest BCUT2D eigenvalue weighted by molar-refractivity contribution is 0.0955. The van der Waals surface area contributed by atoms with Gasteiger partial charge in [-0.2, -0.15) is 5.10 Å². The van der Waals surface area contributed by atoms with Crippen molar-refractivity contribution < 1.29 is 4.79 Å². The molecule has 0 unspecified atom stereocenters. The van der Waals surface area contributed by atoms with Gasteiger partial charge in [0.25, 0.3) is 5.91 Å². The standard InChI is InChI=1S/C30H22BrN3O/c31-26-16-18-27(19-17-26)34-28(22-10-4-1-5-11-22)20-25(29(34)23-12-6-2-7-13-23)21-32-33-30(35)24-14-8-3-9-15-24/h1-21H,(H,33,35)/b32-21-. The Morgan fingerprint density at radius 1 is 0.743 bits per heavy atom. The number of hydrazone groups is 1. The molecule has 0 fully saturated rings. The molecule has 35 heavy (non-hydrogen) atoms. The Kier molecular flexibility index (Phi) is 6.68. The van der Waals surface area contributed by atoms with Crippen LogP contribution < -0.4 is 5.43 Å². The number of benzene rings is 4. The summed E-state index contributed by atoms with van der Waals surface area (Å²) < 4.78 is 3.25. The van der Waals surface area contributed by atoms with Crippen molar-refractivity contribution in [3.05, 3.63) is 137 Å². The van der Waals surface area contributed by atoms with E-state index in [1.54, 1.807) is 18.3 Å². The van der Waals surface area contributed by atoms with Crippen molar-refractivity contribution in [2.45, 2.75) is 0 Å². The van der Waals surface area contributed by atoms with E-state index in [0.29, 0.717) is 5.56 Å². The van der Waals surface area contributed by atoms with Gasteiger partial charge in [-0.3, -0.25) is 4.79 Å². The summed E-state index contributed by atoms with van der Waals surface area (Å²) in [5.41, 5.74) is 9.29. The summed E-state index contributed by atoms with van der Waals surface area (Å²) in [5.74, 6) is -0.251. The highest BCUT2D eigenvalue weighted by atomic mass is 79.9. The maximum Gasteiger partial charge on any atom is 0.271 e. The van der Waals surface area contributed by atoms with E-state index < -0.39 is 0 Å². The van der Waals surface area contributed by atoms with Crippen molar-refractivity contribution >= 4 is 28.1 Å². The molecular formula is C30H22BrN3O. The van der Waals surface area contributed by atoms with Crippen LogP contribution in [0.3, 0.4) is 0 Å². The van der Waals surface area contributed by atoms with Gasteiger partial charge in [0.2, 0.25) is 0 Å². The highest BCUT2D eigenvalue weighted by molar-refractivity contribution is 9.10. The van der Waals surface area contributed by atoms with Crippen LogP contribution in [0.4, 0.5) is 0 Å². The second-order valence-corrected chi connectivity index (χ2v) is 8.86. The number of hydrogen-bond donors (Lipinski definition) is 1. The minimum atomic E-state index is -0.251. The van der Waals surface area contributed by atoms with Crippen molar-refractivity contribution in [2.75, 3.05) is 0 Å². The molecular weight excluding hydrogens is 498 g/mol. The van der Waals surface area contributed by atoms with Gasteiger partial charge in [-0.15, -0.1) is 0 Å². The third-order valence-corrected chi connectivity index (χ3v) is 6.17. The first kappa shape index (κ1) is 22.6. The van der Waals surface area contributed by atoms with Gasteiger partial charge in [0.1, 0.15) is 0 Å². The molecule has 4 aromatic carbocycles. The Morgan fingerprint density at radius 2 is 1.31 bits per heavy atom. The van der Waals surface area contributed by atoms with E-state index in [-0.39, 0.29) is 5.91 Å². The minimum Gasteiger partial charge on any atom is -0.309 e. The zero-order chi connectivity index (χ0) is 24.0. The number of carbonyl (C=O) groups excluding carboxylic acids is 1. The highest BCUT2D eigenvalue weighted by Gasteiger charge is 2.18. The first-order valence-electron chi connectivity index (χ1n) is 11.2. The molecule has 0 spiro atoms. The Balaban J connectivity index is 1.65. The molecule has 0 aliphatic heterocycles. The number of hydrogen-bond acceptors (Lipinski definition) is 2. The number of halogens is 1. The van der Waals surface area contributed by atoms with Crippen molar-refractivity contribution in [3.8, 4) is 28.2 Å². The summed E-state index contributed by atoms with van der Waals surface area (Å²) in [6.45, 7) is 0. The van der Waals surface area contributed by atoms with Crippen LogP contribution in [-0.2, 0) is 0 Å². The predicted octanol–water partition coefficient (Wildman–Crippen LogP) is 7.34. The summed E-state index contributed by atoms with van der Waals surface area (Å²) in [4.78, 5) is 12.5. The third-order valence-electron chi connectivity index (χ3n) is 5.64. The molecule has 5 heteroatoms. The van der Waals surface area contributed by atoms with Gasteiger partial charge in [0, 0.05) is 21.3 Å². The summed E-state index contributed by atoms with van der Waals surface area (Å²) >= 11 is 3.55. The number of rotatable bonds is 6. The van der Waals surface area contributed by atoms with Gasteiger partial charge in [0.15, 0.2) is 0 Å². The molecule has 0 bridgehead atoms. The molecule has 1 amide bonds. The van der Waals surface area contributed by atoms with E-state index in [1.807, 2.05) is 66.7 Å². The van der Waals surface area contributed by atoms with Crippen molar-refractivity contribution in [1.82, 2.24) is 9.99 Å². The second-order valence-electron chi connectivity index (χ2n) is 7.94. The molecule has 1 heterocycles. The normalized spacial score (nSPS) is 11.0. The van der Waals surface area contributed by atoms with Crippen LogP contribution in [-0.4, -0.2) is 16.7 Å².